The van der Waals surface area contributed by atoms with Gasteiger partial charge in [0.1, 0.15) is 11.6 Å². The summed E-state index contributed by atoms with van der Waals surface area (Å²) in [4.78, 5) is 5.67. The molecule has 3 heteroatoms. The number of halogens is 2. The molecule has 1 heterocycles. The van der Waals surface area contributed by atoms with Crippen LogP contribution in [-0.4, -0.2) is 4.98 Å². The first-order valence-corrected chi connectivity index (χ1v) is 30.2. The van der Waals surface area contributed by atoms with Crippen LogP contribution in [0.5, 0.6) is 0 Å². The molecular formula is C75H95F2N. The minimum Gasteiger partial charge on any atom is -0.246 e. The normalized spacial score (nSPS) is 14.4. The third-order valence-corrected chi connectivity index (χ3v) is 17.6. The zero-order valence-corrected chi connectivity index (χ0v) is 50.9. The van der Waals surface area contributed by atoms with Crippen molar-refractivity contribution in [2.24, 2.45) is 5.41 Å². The zero-order chi connectivity index (χ0) is 56.5. The van der Waals surface area contributed by atoms with Crippen molar-refractivity contribution in [3.05, 3.63) is 177 Å². The maximum absolute atomic E-state index is 14.6. The average molecular weight is 1050 g/mol. The highest BCUT2D eigenvalue weighted by molar-refractivity contribution is 6.03. The monoisotopic (exact) mass is 1050 g/mol. The van der Waals surface area contributed by atoms with E-state index in [4.69, 9.17) is 4.98 Å². The topological polar surface area (TPSA) is 12.9 Å². The van der Waals surface area contributed by atoms with Crippen LogP contribution in [-0.2, 0) is 10.8 Å². The van der Waals surface area contributed by atoms with Crippen LogP contribution in [0.25, 0.3) is 61.1 Å². The van der Waals surface area contributed by atoms with Crippen LogP contribution in [0.1, 0.15) is 239 Å². The van der Waals surface area contributed by atoms with E-state index in [2.05, 4.69) is 165 Å². The van der Waals surface area contributed by atoms with E-state index in [1.165, 1.54) is 170 Å². The smallest absolute Gasteiger partial charge is 0.123 e. The second-order valence-electron chi connectivity index (χ2n) is 25.4. The number of hydrogen-bond donors (Lipinski definition) is 0. The summed E-state index contributed by atoms with van der Waals surface area (Å²) in [6.45, 7) is 34.6. The lowest BCUT2D eigenvalue weighted by Crippen LogP contribution is -2.27. The van der Waals surface area contributed by atoms with Gasteiger partial charge in [-0.05, 0) is 186 Å². The third kappa shape index (κ3) is 13.5. The Morgan fingerprint density at radius 3 is 1.64 bits per heavy atom. The molecule has 6 aromatic rings. The summed E-state index contributed by atoms with van der Waals surface area (Å²) < 4.78 is 29.2. The quantitative estimate of drug-likeness (QED) is 0.0460. The van der Waals surface area contributed by atoms with Gasteiger partial charge in [-0.3, -0.25) is 0 Å². The van der Waals surface area contributed by atoms with E-state index < -0.39 is 0 Å². The summed E-state index contributed by atoms with van der Waals surface area (Å²) in [5.74, 6) is -0.594. The molecule has 0 saturated heterocycles. The Labute approximate surface area is 471 Å². The van der Waals surface area contributed by atoms with Gasteiger partial charge in [0.15, 0.2) is 0 Å². The van der Waals surface area contributed by atoms with E-state index >= 15 is 0 Å². The lowest BCUT2D eigenvalue weighted by molar-refractivity contribution is 0.395. The Balaban J connectivity index is 1.44. The van der Waals surface area contributed by atoms with Gasteiger partial charge in [-0.2, -0.15) is 0 Å². The number of nitrogens with zero attached hydrogens (tertiary/aromatic N) is 1. The molecule has 0 fully saturated rings. The van der Waals surface area contributed by atoms with E-state index in [1.54, 1.807) is 11.1 Å². The van der Waals surface area contributed by atoms with Crippen molar-refractivity contribution >= 4 is 27.6 Å². The molecule has 0 N–H and O–H groups in total. The fourth-order valence-electron chi connectivity index (χ4n) is 12.6. The summed E-state index contributed by atoms with van der Waals surface area (Å²) in [5.41, 5.74) is 24.2. The van der Waals surface area contributed by atoms with Gasteiger partial charge in [0.25, 0.3) is 0 Å². The molecule has 1 nitrogen and oxygen atoms in total. The highest BCUT2D eigenvalue weighted by Gasteiger charge is 2.44. The number of benzene rings is 5. The SMILES string of the molecule is CCCCCCCCC1(CCCCCCCC)c2cc(C(C)(C)C)ccc2-c2ccc(/C(C)=C(C)/C=C(\CCC)c3ccc(/C(C)=C/C(C)=C(\C)C(C)(C)C)c4cc(-c5ccc(F)cc5)c(-c5ccc(F)cc5)nc34)c(C)c21. The predicted molar refractivity (Wildman–Crippen MR) is 337 cm³/mol. The first-order valence-electron chi connectivity index (χ1n) is 30.2. The van der Waals surface area contributed by atoms with E-state index in [0.717, 1.165) is 62.8 Å². The fourth-order valence-corrected chi connectivity index (χ4v) is 12.6. The van der Waals surface area contributed by atoms with Crippen LogP contribution in [0.15, 0.2) is 126 Å². The minimum atomic E-state index is -0.300. The molecule has 0 radical (unpaired) electrons. The number of aromatic nitrogens is 1. The predicted octanol–water partition coefficient (Wildman–Crippen LogP) is 23.7. The molecule has 0 saturated carbocycles. The van der Waals surface area contributed by atoms with E-state index in [0.29, 0.717) is 0 Å². The summed E-state index contributed by atoms with van der Waals surface area (Å²) in [6.07, 6.45) is 24.5. The highest BCUT2D eigenvalue weighted by Crippen LogP contribution is 2.57. The maximum atomic E-state index is 14.6. The lowest BCUT2D eigenvalue weighted by Gasteiger charge is -2.35. The Morgan fingerprint density at radius 2 is 1.08 bits per heavy atom. The Morgan fingerprint density at radius 1 is 0.538 bits per heavy atom. The van der Waals surface area contributed by atoms with E-state index in [-0.39, 0.29) is 27.9 Å². The molecule has 414 valence electrons. The molecule has 0 unspecified atom stereocenters. The number of rotatable bonds is 23. The molecule has 1 aliphatic carbocycles. The summed E-state index contributed by atoms with van der Waals surface area (Å²) >= 11 is 0. The van der Waals surface area contributed by atoms with Crippen LogP contribution in [0, 0.1) is 24.0 Å². The number of hydrogen-bond acceptors (Lipinski definition) is 1. The van der Waals surface area contributed by atoms with Crippen molar-refractivity contribution < 1.29 is 8.78 Å². The Bertz CT molecular complexity index is 3160. The first-order chi connectivity index (χ1) is 37.1. The summed E-state index contributed by atoms with van der Waals surface area (Å²) in [6, 6.07) is 32.5. The van der Waals surface area contributed by atoms with E-state index in [1.807, 2.05) is 24.3 Å². The van der Waals surface area contributed by atoms with Crippen LogP contribution in [0.4, 0.5) is 8.78 Å². The van der Waals surface area contributed by atoms with Gasteiger partial charge in [0.2, 0.25) is 0 Å². The summed E-state index contributed by atoms with van der Waals surface area (Å²) in [7, 11) is 0. The van der Waals surface area contributed by atoms with Crippen LogP contribution in [0.3, 0.4) is 0 Å². The number of pyridine rings is 1. The molecule has 0 spiro atoms. The van der Waals surface area contributed by atoms with Gasteiger partial charge in [-0.15, -0.1) is 0 Å². The highest BCUT2D eigenvalue weighted by atomic mass is 19.1. The maximum Gasteiger partial charge on any atom is 0.123 e. The lowest BCUT2D eigenvalue weighted by atomic mass is 9.68. The molecule has 0 amide bonds. The van der Waals surface area contributed by atoms with Gasteiger partial charge in [0.05, 0.1) is 11.2 Å². The average Bonchev–Trinajstić information content (AvgIpc) is 3.85. The van der Waals surface area contributed by atoms with Crippen molar-refractivity contribution in [3.8, 4) is 33.5 Å². The van der Waals surface area contributed by atoms with Gasteiger partial charge in [-0.25, -0.2) is 13.8 Å². The molecule has 78 heavy (non-hydrogen) atoms. The fraction of sp³-hybridized carbons (Fsp3) is 0.453. The van der Waals surface area contributed by atoms with Crippen LogP contribution >= 0.6 is 0 Å². The second-order valence-corrected chi connectivity index (χ2v) is 25.4. The van der Waals surface area contributed by atoms with Crippen LogP contribution < -0.4 is 0 Å². The molecule has 5 aromatic carbocycles. The van der Waals surface area contributed by atoms with Gasteiger partial charge < -0.3 is 0 Å². The van der Waals surface area contributed by atoms with Gasteiger partial charge in [0, 0.05) is 27.5 Å². The Hall–Kier alpha value is -5.67. The van der Waals surface area contributed by atoms with Gasteiger partial charge >= 0.3 is 0 Å². The van der Waals surface area contributed by atoms with Crippen molar-refractivity contribution in [2.45, 2.75) is 217 Å². The van der Waals surface area contributed by atoms with Gasteiger partial charge in [-0.1, -0.05) is 224 Å². The first kappa shape index (κ1) is 60.0. The molecule has 0 bridgehead atoms. The number of allylic oxidation sites excluding steroid dienone is 8. The second kappa shape index (κ2) is 26.1. The van der Waals surface area contributed by atoms with Crippen LogP contribution in [0.2, 0.25) is 0 Å². The summed E-state index contributed by atoms with van der Waals surface area (Å²) in [5, 5.41) is 1.03. The Kier molecular flexibility index (Phi) is 20.0. The number of fused-ring (bicyclic) bond motifs is 4. The largest absolute Gasteiger partial charge is 0.246 e. The molecule has 7 rings (SSSR count). The molecule has 1 aliphatic rings. The minimum absolute atomic E-state index is 0.0290. The van der Waals surface area contributed by atoms with Crippen molar-refractivity contribution in [2.75, 3.05) is 0 Å². The van der Waals surface area contributed by atoms with Crippen molar-refractivity contribution in [1.82, 2.24) is 4.98 Å². The molecule has 0 atom stereocenters. The number of unbranched alkanes of at least 4 members (excludes halogenated alkanes) is 10. The molecule has 0 aliphatic heterocycles. The van der Waals surface area contributed by atoms with Crippen molar-refractivity contribution in [3.63, 3.8) is 0 Å². The zero-order valence-electron chi connectivity index (χ0n) is 50.9. The third-order valence-electron chi connectivity index (χ3n) is 17.6. The standard InChI is InChI=1S/C75H95F2N/c1-16-19-21-23-25-27-44-75(45-28-26-24-22-20-17-2)69-48-59(74(13,14)15)34-39-65(69)66-43-41-63(54(8)70(66)75)53(7)50(4)47-58(29-18-3)64-42-40-62(52(6)46-51(5)55(9)73(10,11)12)68-49-67(56-30-35-60(76)36-31-56)71(78-72(64)68)57-32-37-61(77)38-33-57/h30-43,46-49H,16-29,44-45H2,1-15H3/b52-46+,53-50+,55-51+,58-47+. The molecular weight excluding hydrogens is 953 g/mol. The molecule has 1 aromatic heterocycles. The van der Waals surface area contributed by atoms with Crippen molar-refractivity contribution in [1.29, 1.82) is 0 Å². The van der Waals surface area contributed by atoms with E-state index in [9.17, 15) is 8.78 Å².